The molecule has 3 nitrogen and oxygen atoms in total. The predicted molar refractivity (Wildman–Crippen MR) is 109 cm³/mol. The van der Waals surface area contributed by atoms with E-state index in [1.165, 1.54) is 20.9 Å². The van der Waals surface area contributed by atoms with Crippen LogP contribution in [0.1, 0.15) is 17.2 Å². The highest BCUT2D eigenvalue weighted by Gasteiger charge is 2.30. The zero-order chi connectivity index (χ0) is 18.1. The Balaban J connectivity index is 1.67. The molecule has 1 atom stereocenters. The predicted octanol–water partition coefficient (Wildman–Crippen LogP) is 4.35. The molecule has 26 heavy (non-hydrogen) atoms. The van der Waals surface area contributed by atoms with Crippen molar-refractivity contribution in [2.24, 2.45) is 0 Å². The highest BCUT2D eigenvalue weighted by atomic mass is 35.5. The van der Waals surface area contributed by atoms with Gasteiger partial charge in [-0.2, -0.15) is 0 Å². The Kier molecular flexibility index (Phi) is 5.79. The Labute approximate surface area is 168 Å². The molecule has 0 unspecified atom stereocenters. The number of nitrogens with zero attached hydrogens (tertiary/aromatic N) is 2. The van der Waals surface area contributed by atoms with E-state index in [0.717, 1.165) is 49.2 Å². The van der Waals surface area contributed by atoms with Gasteiger partial charge in [0, 0.05) is 58.6 Å². The summed E-state index contributed by atoms with van der Waals surface area (Å²) in [6.07, 6.45) is 0.941. The number of β-amino-alcohol motifs (C(OH)–C–C–N with tert-alkyl or cyclic N) is 1. The number of hydrogen-bond donors (Lipinski definition) is 1. The summed E-state index contributed by atoms with van der Waals surface area (Å²) < 4.78 is 0. The third-order valence-electron chi connectivity index (χ3n) is 5.25. The maximum atomic E-state index is 9.18. The molecule has 4 rings (SSSR count). The molecule has 2 aromatic carbocycles. The molecule has 0 aliphatic carbocycles. The van der Waals surface area contributed by atoms with E-state index < -0.39 is 0 Å². The van der Waals surface area contributed by atoms with Gasteiger partial charge in [-0.15, -0.1) is 0 Å². The molecule has 1 saturated heterocycles. The summed E-state index contributed by atoms with van der Waals surface area (Å²) in [4.78, 5) is 7.43. The Bertz CT molecular complexity index is 793. The second-order valence-electron chi connectivity index (χ2n) is 6.86. The van der Waals surface area contributed by atoms with E-state index in [0.29, 0.717) is 6.04 Å². The molecule has 0 bridgehead atoms. The quantitative estimate of drug-likeness (QED) is 0.816. The first-order valence-corrected chi connectivity index (χ1v) is 10.5. The lowest BCUT2D eigenvalue weighted by Gasteiger charge is -2.39. The van der Waals surface area contributed by atoms with E-state index in [-0.39, 0.29) is 6.61 Å². The van der Waals surface area contributed by atoms with Gasteiger partial charge in [0.05, 0.1) is 6.61 Å². The molecular weight excluding hydrogens is 387 g/mol. The molecule has 0 aromatic heterocycles. The molecule has 2 aliphatic heterocycles. The molecule has 0 saturated carbocycles. The summed E-state index contributed by atoms with van der Waals surface area (Å²) in [5.74, 6) is 0. The van der Waals surface area contributed by atoms with Crippen LogP contribution in [-0.2, 0) is 6.42 Å². The molecule has 2 aliphatic rings. The molecule has 0 amide bonds. The monoisotopic (exact) mass is 408 g/mol. The van der Waals surface area contributed by atoms with E-state index in [9.17, 15) is 5.11 Å². The largest absolute Gasteiger partial charge is 0.395 e. The highest BCUT2D eigenvalue weighted by molar-refractivity contribution is 7.99. The molecule has 0 radical (unpaired) electrons. The van der Waals surface area contributed by atoms with Crippen LogP contribution in [0.3, 0.4) is 0 Å². The third kappa shape index (κ3) is 3.91. The van der Waals surface area contributed by atoms with Gasteiger partial charge >= 0.3 is 0 Å². The van der Waals surface area contributed by atoms with Gasteiger partial charge in [0.1, 0.15) is 0 Å². The van der Waals surface area contributed by atoms with Gasteiger partial charge in [-0.05, 0) is 53.9 Å². The van der Waals surface area contributed by atoms with Gasteiger partial charge in [-0.25, -0.2) is 0 Å². The minimum atomic E-state index is 0.227. The second-order valence-corrected chi connectivity index (χ2v) is 8.81. The van der Waals surface area contributed by atoms with Crippen LogP contribution in [0.5, 0.6) is 0 Å². The lowest BCUT2D eigenvalue weighted by atomic mass is 9.96. The molecule has 6 heteroatoms. The normalized spacial score (nSPS) is 21.1. The Hall–Kier alpha value is -0.750. The van der Waals surface area contributed by atoms with E-state index in [1.807, 2.05) is 23.9 Å². The number of fused-ring (bicyclic) bond motifs is 2. The first-order valence-electron chi connectivity index (χ1n) is 8.97. The number of piperazine rings is 1. The molecular formula is C20H22Cl2N2OS. The fourth-order valence-electron chi connectivity index (χ4n) is 3.88. The van der Waals surface area contributed by atoms with E-state index in [4.69, 9.17) is 23.2 Å². The molecule has 0 spiro atoms. The Morgan fingerprint density at radius 3 is 2.38 bits per heavy atom. The van der Waals surface area contributed by atoms with Crippen molar-refractivity contribution in [1.82, 2.24) is 9.80 Å². The number of rotatable bonds is 3. The zero-order valence-electron chi connectivity index (χ0n) is 14.5. The fraction of sp³-hybridized carbons (Fsp3) is 0.400. The van der Waals surface area contributed by atoms with Crippen molar-refractivity contribution >= 4 is 35.0 Å². The molecule has 1 N–H and O–H groups in total. The van der Waals surface area contributed by atoms with Crippen LogP contribution >= 0.6 is 35.0 Å². The summed E-state index contributed by atoms with van der Waals surface area (Å²) in [6.45, 7) is 4.96. The summed E-state index contributed by atoms with van der Waals surface area (Å²) in [5.41, 5.74) is 2.61. The summed E-state index contributed by atoms with van der Waals surface area (Å²) in [6, 6.07) is 12.7. The molecule has 1 fully saturated rings. The maximum absolute atomic E-state index is 9.18. The minimum Gasteiger partial charge on any atom is -0.395 e. The Morgan fingerprint density at radius 1 is 0.962 bits per heavy atom. The average Bonchev–Trinajstić information content (AvgIpc) is 2.79. The van der Waals surface area contributed by atoms with E-state index >= 15 is 0 Å². The van der Waals surface area contributed by atoms with E-state index in [1.54, 1.807) is 0 Å². The number of aliphatic hydroxyl groups excluding tert-OH is 1. The first kappa shape index (κ1) is 18.6. The number of halogens is 2. The van der Waals surface area contributed by atoms with Crippen LogP contribution in [0.2, 0.25) is 10.0 Å². The van der Waals surface area contributed by atoms with Crippen LogP contribution in [0, 0.1) is 0 Å². The van der Waals surface area contributed by atoms with Crippen molar-refractivity contribution in [2.75, 3.05) is 39.3 Å². The SMILES string of the molecule is OCCN1CCN([C@H]2Cc3cc(Cl)ccc3Sc3ccc(Cl)cc32)CC1. The summed E-state index contributed by atoms with van der Waals surface area (Å²) >= 11 is 14.4. The van der Waals surface area contributed by atoms with Crippen molar-refractivity contribution in [3.8, 4) is 0 Å². The van der Waals surface area contributed by atoms with Crippen LogP contribution in [-0.4, -0.2) is 54.2 Å². The fourth-order valence-corrected chi connectivity index (χ4v) is 5.35. The van der Waals surface area contributed by atoms with Gasteiger partial charge < -0.3 is 5.11 Å². The number of hydrogen-bond acceptors (Lipinski definition) is 4. The lowest BCUT2D eigenvalue weighted by molar-refractivity contribution is 0.0823. The van der Waals surface area contributed by atoms with Gasteiger partial charge in [-0.1, -0.05) is 35.0 Å². The number of aliphatic hydroxyl groups is 1. The van der Waals surface area contributed by atoms with Gasteiger partial charge in [0.2, 0.25) is 0 Å². The first-order chi connectivity index (χ1) is 12.6. The second kappa shape index (κ2) is 8.09. The highest BCUT2D eigenvalue weighted by Crippen LogP contribution is 2.44. The Morgan fingerprint density at radius 2 is 1.65 bits per heavy atom. The maximum Gasteiger partial charge on any atom is 0.0558 e. The lowest BCUT2D eigenvalue weighted by Crippen LogP contribution is -2.48. The third-order valence-corrected chi connectivity index (χ3v) is 6.93. The molecule has 2 heterocycles. The van der Waals surface area contributed by atoms with Crippen molar-refractivity contribution in [2.45, 2.75) is 22.3 Å². The van der Waals surface area contributed by atoms with Gasteiger partial charge in [-0.3, -0.25) is 9.80 Å². The van der Waals surface area contributed by atoms with E-state index in [2.05, 4.69) is 34.1 Å². The minimum absolute atomic E-state index is 0.227. The van der Waals surface area contributed by atoms with Crippen LogP contribution in [0.15, 0.2) is 46.2 Å². The smallest absolute Gasteiger partial charge is 0.0558 e. The van der Waals surface area contributed by atoms with Crippen molar-refractivity contribution in [3.05, 3.63) is 57.6 Å². The number of benzene rings is 2. The van der Waals surface area contributed by atoms with Crippen LogP contribution < -0.4 is 0 Å². The molecule has 2 aromatic rings. The van der Waals surface area contributed by atoms with Gasteiger partial charge in [0.15, 0.2) is 0 Å². The topological polar surface area (TPSA) is 26.7 Å². The summed E-state index contributed by atoms with van der Waals surface area (Å²) in [7, 11) is 0. The van der Waals surface area contributed by atoms with Gasteiger partial charge in [0.25, 0.3) is 0 Å². The summed E-state index contributed by atoms with van der Waals surface area (Å²) in [5, 5.41) is 10.8. The molecule has 138 valence electrons. The standard InChI is InChI=1S/C20H22Cl2N2OS/c21-15-1-3-19-14(11-15)12-18(17-13-16(22)2-4-20(17)26-19)24-7-5-23(6-8-24)9-10-25/h1-4,11,13,18,25H,5-10,12H2/t18-/m0/s1. The van der Waals surface area contributed by atoms with Crippen molar-refractivity contribution in [3.63, 3.8) is 0 Å². The zero-order valence-corrected chi connectivity index (χ0v) is 16.8. The van der Waals surface area contributed by atoms with Crippen molar-refractivity contribution in [1.29, 1.82) is 0 Å². The van der Waals surface area contributed by atoms with Crippen LogP contribution in [0.25, 0.3) is 0 Å². The van der Waals surface area contributed by atoms with Crippen molar-refractivity contribution < 1.29 is 5.11 Å². The van der Waals surface area contributed by atoms with Crippen LogP contribution in [0.4, 0.5) is 0 Å². The average molecular weight is 409 g/mol.